The van der Waals surface area contributed by atoms with Crippen molar-refractivity contribution in [3.8, 4) is 5.75 Å². The smallest absolute Gasteiger partial charge is 0.336 e. The lowest BCUT2D eigenvalue weighted by Gasteiger charge is -2.35. The molecule has 1 aliphatic heterocycles. The van der Waals surface area contributed by atoms with Crippen LogP contribution < -0.4 is 15.3 Å². The maximum absolute atomic E-state index is 11.9. The van der Waals surface area contributed by atoms with Gasteiger partial charge in [0, 0.05) is 62.6 Å². The van der Waals surface area contributed by atoms with Crippen molar-refractivity contribution < 1.29 is 9.15 Å². The molecule has 0 spiro atoms. The second-order valence-corrected chi connectivity index (χ2v) is 6.28. The molecule has 0 saturated carbocycles. The standard InChI is InChI=1S/C19H20N4O3/c1-25-15-2-3-16-14(10-19(24)26-17(16)11-15)13-22-6-8-23(9-7-22)18-12-20-4-5-21-18/h2-5,10-12H,6-9,13H2,1H3. The minimum Gasteiger partial charge on any atom is -0.497 e. The fourth-order valence-corrected chi connectivity index (χ4v) is 3.30. The Morgan fingerprint density at radius 2 is 2.00 bits per heavy atom. The highest BCUT2D eigenvalue weighted by Crippen LogP contribution is 2.24. The third-order valence-electron chi connectivity index (χ3n) is 4.68. The summed E-state index contributed by atoms with van der Waals surface area (Å²) < 4.78 is 10.5. The fraction of sp³-hybridized carbons (Fsp3) is 0.316. The van der Waals surface area contributed by atoms with Gasteiger partial charge < -0.3 is 14.1 Å². The maximum Gasteiger partial charge on any atom is 0.336 e. The summed E-state index contributed by atoms with van der Waals surface area (Å²) in [6.07, 6.45) is 5.19. The van der Waals surface area contributed by atoms with Crippen LogP contribution in [0.4, 0.5) is 5.82 Å². The number of ether oxygens (including phenoxy) is 1. The van der Waals surface area contributed by atoms with Gasteiger partial charge in [-0.3, -0.25) is 9.88 Å². The summed E-state index contributed by atoms with van der Waals surface area (Å²) in [4.78, 5) is 25.0. The molecule has 7 nitrogen and oxygen atoms in total. The van der Waals surface area contributed by atoms with Crippen LogP contribution >= 0.6 is 0 Å². The molecule has 1 saturated heterocycles. The zero-order valence-electron chi connectivity index (χ0n) is 14.6. The molecule has 1 aliphatic rings. The van der Waals surface area contributed by atoms with E-state index >= 15 is 0 Å². The Labute approximate surface area is 150 Å². The minimum atomic E-state index is -0.334. The van der Waals surface area contributed by atoms with Crippen molar-refractivity contribution in [2.75, 3.05) is 38.2 Å². The van der Waals surface area contributed by atoms with E-state index in [4.69, 9.17) is 9.15 Å². The van der Waals surface area contributed by atoms with Crippen molar-refractivity contribution in [3.05, 3.63) is 58.8 Å². The van der Waals surface area contributed by atoms with E-state index in [1.54, 1.807) is 37.8 Å². The molecule has 0 bridgehead atoms. The molecule has 3 heterocycles. The summed E-state index contributed by atoms with van der Waals surface area (Å²) in [7, 11) is 1.60. The van der Waals surface area contributed by atoms with E-state index in [0.717, 1.165) is 42.9 Å². The molecule has 1 aromatic carbocycles. The zero-order valence-corrected chi connectivity index (χ0v) is 14.6. The molecule has 2 aromatic heterocycles. The van der Waals surface area contributed by atoms with E-state index in [0.29, 0.717) is 17.9 Å². The Bertz CT molecular complexity index is 950. The van der Waals surface area contributed by atoms with Crippen molar-refractivity contribution in [3.63, 3.8) is 0 Å². The van der Waals surface area contributed by atoms with Crippen LogP contribution in [0, 0.1) is 0 Å². The molecule has 0 N–H and O–H groups in total. The summed E-state index contributed by atoms with van der Waals surface area (Å²) in [5.74, 6) is 1.58. The highest BCUT2D eigenvalue weighted by molar-refractivity contribution is 5.81. The van der Waals surface area contributed by atoms with Gasteiger partial charge in [-0.2, -0.15) is 0 Å². The van der Waals surface area contributed by atoms with Gasteiger partial charge in [0.05, 0.1) is 13.3 Å². The van der Waals surface area contributed by atoms with Gasteiger partial charge in [0.25, 0.3) is 0 Å². The number of hydrogen-bond donors (Lipinski definition) is 0. The normalized spacial score (nSPS) is 15.3. The van der Waals surface area contributed by atoms with Crippen LogP contribution in [0.5, 0.6) is 5.75 Å². The number of aromatic nitrogens is 2. The van der Waals surface area contributed by atoms with Crippen LogP contribution in [0.1, 0.15) is 5.56 Å². The monoisotopic (exact) mass is 352 g/mol. The number of methoxy groups -OCH3 is 1. The van der Waals surface area contributed by atoms with Crippen molar-refractivity contribution in [2.45, 2.75) is 6.54 Å². The third kappa shape index (κ3) is 3.39. The number of piperazine rings is 1. The van der Waals surface area contributed by atoms with Gasteiger partial charge >= 0.3 is 5.63 Å². The number of nitrogens with zero attached hydrogens (tertiary/aromatic N) is 4. The maximum atomic E-state index is 11.9. The van der Waals surface area contributed by atoms with Gasteiger partial charge in [-0.05, 0) is 17.7 Å². The summed E-state index contributed by atoms with van der Waals surface area (Å²) in [6, 6.07) is 7.18. The predicted molar refractivity (Wildman–Crippen MR) is 98.6 cm³/mol. The second kappa shape index (κ2) is 7.13. The lowest BCUT2D eigenvalue weighted by atomic mass is 10.1. The summed E-state index contributed by atoms with van der Waals surface area (Å²) in [6.45, 7) is 4.27. The van der Waals surface area contributed by atoms with E-state index in [1.807, 2.05) is 12.1 Å². The summed E-state index contributed by atoms with van der Waals surface area (Å²) >= 11 is 0. The highest BCUT2D eigenvalue weighted by Gasteiger charge is 2.19. The average Bonchev–Trinajstić information content (AvgIpc) is 2.68. The summed E-state index contributed by atoms with van der Waals surface area (Å²) in [5.41, 5.74) is 1.20. The molecule has 0 unspecified atom stereocenters. The number of rotatable bonds is 4. The third-order valence-corrected chi connectivity index (χ3v) is 4.68. The molecule has 134 valence electrons. The van der Waals surface area contributed by atoms with Crippen LogP contribution in [-0.4, -0.2) is 48.2 Å². The van der Waals surface area contributed by atoms with Gasteiger partial charge in [0.2, 0.25) is 0 Å². The lowest BCUT2D eigenvalue weighted by molar-refractivity contribution is 0.249. The van der Waals surface area contributed by atoms with Crippen LogP contribution in [0.25, 0.3) is 11.0 Å². The van der Waals surface area contributed by atoms with E-state index < -0.39 is 0 Å². The molecule has 0 radical (unpaired) electrons. The van der Waals surface area contributed by atoms with Crippen molar-refractivity contribution in [2.24, 2.45) is 0 Å². The van der Waals surface area contributed by atoms with Crippen LogP contribution in [0.15, 0.2) is 52.1 Å². The van der Waals surface area contributed by atoms with E-state index in [2.05, 4.69) is 19.8 Å². The molecule has 1 fully saturated rings. The molecule has 3 aromatic rings. The van der Waals surface area contributed by atoms with E-state index in [-0.39, 0.29) is 5.63 Å². The molecule has 7 heteroatoms. The largest absolute Gasteiger partial charge is 0.497 e. The number of anilines is 1. The first-order valence-electron chi connectivity index (χ1n) is 8.57. The molecule has 26 heavy (non-hydrogen) atoms. The van der Waals surface area contributed by atoms with E-state index in [1.165, 1.54) is 0 Å². The van der Waals surface area contributed by atoms with Crippen LogP contribution in [0.2, 0.25) is 0 Å². The first-order chi connectivity index (χ1) is 12.7. The summed E-state index contributed by atoms with van der Waals surface area (Å²) in [5, 5.41) is 0.946. The Kier molecular flexibility index (Phi) is 4.53. The van der Waals surface area contributed by atoms with Crippen molar-refractivity contribution in [1.29, 1.82) is 0 Å². The van der Waals surface area contributed by atoms with Gasteiger partial charge in [0.15, 0.2) is 0 Å². The second-order valence-electron chi connectivity index (χ2n) is 6.28. The number of fused-ring (bicyclic) bond motifs is 1. The number of benzene rings is 1. The molecule has 0 aliphatic carbocycles. The first kappa shape index (κ1) is 16.5. The number of hydrogen-bond acceptors (Lipinski definition) is 7. The van der Waals surface area contributed by atoms with Gasteiger partial charge in [-0.1, -0.05) is 0 Å². The van der Waals surface area contributed by atoms with Crippen LogP contribution in [-0.2, 0) is 6.54 Å². The Morgan fingerprint density at radius 1 is 1.15 bits per heavy atom. The lowest BCUT2D eigenvalue weighted by Crippen LogP contribution is -2.46. The Morgan fingerprint density at radius 3 is 2.73 bits per heavy atom. The van der Waals surface area contributed by atoms with Gasteiger partial charge in [-0.15, -0.1) is 0 Å². The minimum absolute atomic E-state index is 0.334. The quantitative estimate of drug-likeness (QED) is 0.664. The first-order valence-corrected chi connectivity index (χ1v) is 8.57. The average molecular weight is 352 g/mol. The molecular formula is C19H20N4O3. The van der Waals surface area contributed by atoms with Crippen LogP contribution in [0.3, 0.4) is 0 Å². The molecule has 0 amide bonds. The zero-order chi connectivity index (χ0) is 17.9. The van der Waals surface area contributed by atoms with Gasteiger partial charge in [-0.25, -0.2) is 9.78 Å². The Balaban J connectivity index is 1.51. The molecule has 4 rings (SSSR count). The Hall–Kier alpha value is -2.93. The fourth-order valence-electron chi connectivity index (χ4n) is 3.30. The topological polar surface area (TPSA) is 71.7 Å². The highest BCUT2D eigenvalue weighted by atomic mass is 16.5. The van der Waals surface area contributed by atoms with Gasteiger partial charge in [0.1, 0.15) is 17.2 Å². The predicted octanol–water partition coefficient (Wildman–Crippen LogP) is 1.91. The molecular weight excluding hydrogens is 332 g/mol. The van der Waals surface area contributed by atoms with E-state index in [9.17, 15) is 4.79 Å². The van der Waals surface area contributed by atoms with Crippen molar-refractivity contribution in [1.82, 2.24) is 14.9 Å². The SMILES string of the molecule is COc1ccc2c(CN3CCN(c4cnccn4)CC3)cc(=O)oc2c1. The molecule has 0 atom stereocenters. The van der Waals surface area contributed by atoms with Crippen molar-refractivity contribution >= 4 is 16.8 Å².